The first-order valence-corrected chi connectivity index (χ1v) is 11.2. The second kappa shape index (κ2) is 12.6. The molecule has 0 aromatic heterocycles. The number of hydrogen-bond donors (Lipinski definition) is 2. The van der Waals surface area contributed by atoms with Gasteiger partial charge in [-0.2, -0.15) is 0 Å². The number of rotatable bonds is 9. The first-order chi connectivity index (χ1) is 12.7. The van der Waals surface area contributed by atoms with Gasteiger partial charge in [-0.05, 0) is 84.5 Å². The summed E-state index contributed by atoms with van der Waals surface area (Å²) in [4.78, 5) is 10.00. The minimum absolute atomic E-state index is 0.762. The Morgan fingerprint density at radius 2 is 1.85 bits per heavy atom. The molecule has 0 radical (unpaired) electrons. The highest BCUT2D eigenvalue weighted by molar-refractivity contribution is 5.79. The van der Waals surface area contributed by atoms with E-state index in [1.54, 1.807) is 0 Å². The summed E-state index contributed by atoms with van der Waals surface area (Å²) in [5.74, 6) is 1.89. The number of hydrogen-bond acceptors (Lipinski definition) is 3. The fourth-order valence-electron chi connectivity index (χ4n) is 4.28. The Morgan fingerprint density at radius 3 is 2.54 bits per heavy atom. The standard InChI is InChI=1S/C21H43N5/c1-4-22-21(23-13-8-16-26-15-7-6-9-19(26)3)24-14-10-20-11-17-25(5-2)18-12-20/h19-20H,4-18H2,1-3H3,(H2,22,23,24). The normalized spacial score (nSPS) is 24.0. The number of aliphatic imine (C=N–C) groups is 1. The molecule has 0 bridgehead atoms. The van der Waals surface area contributed by atoms with E-state index >= 15 is 0 Å². The summed E-state index contributed by atoms with van der Waals surface area (Å²) in [5, 5.41) is 6.95. The molecular weight excluding hydrogens is 322 g/mol. The summed E-state index contributed by atoms with van der Waals surface area (Å²) < 4.78 is 0. The van der Waals surface area contributed by atoms with Gasteiger partial charge in [-0.3, -0.25) is 4.99 Å². The number of likely N-dealkylation sites (tertiary alicyclic amines) is 2. The number of nitrogens with zero attached hydrogens (tertiary/aromatic N) is 3. The number of nitrogens with one attached hydrogen (secondary N) is 2. The van der Waals surface area contributed by atoms with E-state index in [1.165, 1.54) is 71.2 Å². The zero-order valence-corrected chi connectivity index (χ0v) is 17.6. The Morgan fingerprint density at radius 1 is 1.04 bits per heavy atom. The zero-order chi connectivity index (χ0) is 18.6. The molecule has 26 heavy (non-hydrogen) atoms. The molecule has 0 spiro atoms. The third-order valence-electron chi connectivity index (χ3n) is 6.16. The Hall–Kier alpha value is -0.810. The van der Waals surface area contributed by atoms with E-state index in [9.17, 15) is 0 Å². The van der Waals surface area contributed by atoms with Gasteiger partial charge in [-0.15, -0.1) is 0 Å². The molecule has 0 aliphatic carbocycles. The second-order valence-corrected chi connectivity index (χ2v) is 8.09. The molecule has 2 saturated heterocycles. The molecule has 2 rings (SSSR count). The second-order valence-electron chi connectivity index (χ2n) is 8.09. The summed E-state index contributed by atoms with van der Waals surface area (Å²) in [6, 6.07) is 0.762. The fourth-order valence-corrected chi connectivity index (χ4v) is 4.28. The van der Waals surface area contributed by atoms with Gasteiger partial charge in [0, 0.05) is 32.2 Å². The number of guanidine groups is 1. The molecule has 5 heteroatoms. The van der Waals surface area contributed by atoms with Crippen molar-refractivity contribution in [3.63, 3.8) is 0 Å². The van der Waals surface area contributed by atoms with Crippen molar-refractivity contribution in [3.8, 4) is 0 Å². The van der Waals surface area contributed by atoms with Crippen LogP contribution in [-0.4, -0.2) is 74.2 Å². The lowest BCUT2D eigenvalue weighted by Crippen LogP contribution is -2.40. The largest absolute Gasteiger partial charge is 0.357 e. The van der Waals surface area contributed by atoms with Crippen LogP contribution in [0.25, 0.3) is 0 Å². The molecular formula is C21H43N5. The van der Waals surface area contributed by atoms with Crippen molar-refractivity contribution in [1.82, 2.24) is 20.4 Å². The third-order valence-corrected chi connectivity index (χ3v) is 6.16. The van der Waals surface area contributed by atoms with Crippen LogP contribution in [0, 0.1) is 5.92 Å². The van der Waals surface area contributed by atoms with E-state index < -0.39 is 0 Å². The van der Waals surface area contributed by atoms with Crippen LogP contribution in [-0.2, 0) is 0 Å². The van der Waals surface area contributed by atoms with Gasteiger partial charge in [0.15, 0.2) is 5.96 Å². The predicted octanol–water partition coefficient (Wildman–Crippen LogP) is 2.93. The van der Waals surface area contributed by atoms with Crippen LogP contribution in [0.3, 0.4) is 0 Å². The Labute approximate surface area is 162 Å². The fraction of sp³-hybridized carbons (Fsp3) is 0.952. The van der Waals surface area contributed by atoms with Crippen molar-refractivity contribution < 1.29 is 0 Å². The van der Waals surface area contributed by atoms with Crippen molar-refractivity contribution in [2.45, 2.75) is 71.8 Å². The lowest BCUT2D eigenvalue weighted by atomic mass is 9.93. The van der Waals surface area contributed by atoms with E-state index in [4.69, 9.17) is 4.99 Å². The summed E-state index contributed by atoms with van der Waals surface area (Å²) in [6.07, 6.45) is 9.29. The minimum atomic E-state index is 0.762. The molecule has 152 valence electrons. The van der Waals surface area contributed by atoms with Gasteiger partial charge in [0.2, 0.25) is 0 Å². The SMILES string of the molecule is CCNC(=NCCCN1CCCCC1C)NCCC1CCN(CC)CC1. The molecule has 2 N–H and O–H groups in total. The molecule has 1 unspecified atom stereocenters. The maximum absolute atomic E-state index is 4.79. The van der Waals surface area contributed by atoms with E-state index in [-0.39, 0.29) is 0 Å². The van der Waals surface area contributed by atoms with Crippen LogP contribution in [0.1, 0.15) is 65.7 Å². The molecule has 2 heterocycles. The molecule has 0 saturated carbocycles. The zero-order valence-electron chi connectivity index (χ0n) is 17.6. The van der Waals surface area contributed by atoms with Crippen molar-refractivity contribution >= 4 is 5.96 Å². The topological polar surface area (TPSA) is 42.9 Å². The monoisotopic (exact) mass is 365 g/mol. The van der Waals surface area contributed by atoms with Crippen LogP contribution in [0.15, 0.2) is 4.99 Å². The summed E-state index contributed by atoms with van der Waals surface area (Å²) in [6.45, 7) is 15.9. The van der Waals surface area contributed by atoms with Gasteiger partial charge in [0.05, 0.1) is 0 Å². The van der Waals surface area contributed by atoms with Crippen LogP contribution in [0.5, 0.6) is 0 Å². The summed E-state index contributed by atoms with van der Waals surface area (Å²) in [5.41, 5.74) is 0. The van der Waals surface area contributed by atoms with Crippen molar-refractivity contribution in [2.24, 2.45) is 10.9 Å². The van der Waals surface area contributed by atoms with Gasteiger partial charge < -0.3 is 20.4 Å². The lowest BCUT2D eigenvalue weighted by molar-refractivity contribution is 0.160. The minimum Gasteiger partial charge on any atom is -0.357 e. The Kier molecular flexibility index (Phi) is 10.4. The van der Waals surface area contributed by atoms with Crippen LogP contribution in [0.4, 0.5) is 0 Å². The molecule has 0 aromatic carbocycles. The summed E-state index contributed by atoms with van der Waals surface area (Å²) >= 11 is 0. The lowest BCUT2D eigenvalue weighted by Gasteiger charge is -2.33. The quantitative estimate of drug-likeness (QED) is 0.375. The van der Waals surface area contributed by atoms with E-state index in [2.05, 4.69) is 41.2 Å². The highest BCUT2D eigenvalue weighted by Crippen LogP contribution is 2.19. The van der Waals surface area contributed by atoms with Crippen molar-refractivity contribution in [3.05, 3.63) is 0 Å². The highest BCUT2D eigenvalue weighted by Gasteiger charge is 2.18. The van der Waals surface area contributed by atoms with Gasteiger partial charge in [0.1, 0.15) is 0 Å². The Bertz CT molecular complexity index is 390. The average Bonchev–Trinajstić information content (AvgIpc) is 2.67. The summed E-state index contributed by atoms with van der Waals surface area (Å²) in [7, 11) is 0. The van der Waals surface area contributed by atoms with Gasteiger partial charge in [-0.1, -0.05) is 13.3 Å². The predicted molar refractivity (Wildman–Crippen MR) is 113 cm³/mol. The molecule has 2 aliphatic rings. The van der Waals surface area contributed by atoms with E-state index in [0.29, 0.717) is 0 Å². The molecule has 5 nitrogen and oxygen atoms in total. The maximum atomic E-state index is 4.79. The maximum Gasteiger partial charge on any atom is 0.191 e. The molecule has 2 aliphatic heterocycles. The molecule has 0 amide bonds. The van der Waals surface area contributed by atoms with Gasteiger partial charge >= 0.3 is 0 Å². The van der Waals surface area contributed by atoms with E-state index in [0.717, 1.165) is 44.0 Å². The van der Waals surface area contributed by atoms with Gasteiger partial charge in [0.25, 0.3) is 0 Å². The molecule has 2 fully saturated rings. The smallest absolute Gasteiger partial charge is 0.191 e. The molecule has 1 atom stereocenters. The number of piperidine rings is 2. The van der Waals surface area contributed by atoms with Crippen LogP contribution >= 0.6 is 0 Å². The first kappa shape index (κ1) is 21.5. The highest BCUT2D eigenvalue weighted by atomic mass is 15.2. The van der Waals surface area contributed by atoms with E-state index in [1.807, 2.05) is 0 Å². The van der Waals surface area contributed by atoms with Gasteiger partial charge in [-0.25, -0.2) is 0 Å². The average molecular weight is 366 g/mol. The third kappa shape index (κ3) is 7.83. The van der Waals surface area contributed by atoms with Crippen LogP contribution < -0.4 is 10.6 Å². The first-order valence-electron chi connectivity index (χ1n) is 11.2. The van der Waals surface area contributed by atoms with Crippen molar-refractivity contribution in [2.75, 3.05) is 52.4 Å². The van der Waals surface area contributed by atoms with Crippen LogP contribution in [0.2, 0.25) is 0 Å². The Balaban J connectivity index is 1.61. The molecule has 0 aromatic rings. The van der Waals surface area contributed by atoms with Crippen molar-refractivity contribution in [1.29, 1.82) is 0 Å².